The molecule has 0 aliphatic rings. The molecule has 0 radical (unpaired) electrons. The average molecular weight is 491 g/mol. The van der Waals surface area contributed by atoms with Crippen LogP contribution >= 0.6 is 0 Å². The number of benzene rings is 4. The van der Waals surface area contributed by atoms with Crippen LogP contribution in [-0.4, -0.2) is 31.0 Å². The van der Waals surface area contributed by atoms with E-state index in [1.807, 2.05) is 85.1 Å². The Morgan fingerprint density at radius 2 is 1.62 bits per heavy atom. The quantitative estimate of drug-likeness (QED) is 0.173. The molecule has 5 aromatic rings. The van der Waals surface area contributed by atoms with Crippen molar-refractivity contribution in [1.82, 2.24) is 4.57 Å². The van der Waals surface area contributed by atoms with E-state index in [1.165, 1.54) is 7.11 Å². The van der Waals surface area contributed by atoms with Crippen molar-refractivity contribution < 1.29 is 19.0 Å². The summed E-state index contributed by atoms with van der Waals surface area (Å²) in [5.74, 6) is 1.70. The van der Waals surface area contributed by atoms with Crippen molar-refractivity contribution in [2.75, 3.05) is 14.2 Å². The second-order valence-corrected chi connectivity index (χ2v) is 8.43. The second-order valence-electron chi connectivity index (χ2n) is 8.43. The monoisotopic (exact) mass is 490 g/mol. The minimum atomic E-state index is -0.341. The van der Waals surface area contributed by atoms with E-state index in [4.69, 9.17) is 19.2 Å². The molecule has 4 aromatic carbocycles. The molecule has 5 rings (SSSR count). The van der Waals surface area contributed by atoms with Crippen LogP contribution in [0.1, 0.15) is 21.5 Å². The first-order valence-corrected chi connectivity index (χ1v) is 11.8. The summed E-state index contributed by atoms with van der Waals surface area (Å²) >= 11 is 0. The van der Waals surface area contributed by atoms with Crippen LogP contribution in [0.15, 0.2) is 108 Å². The number of aromatic nitrogens is 1. The third-order valence-electron chi connectivity index (χ3n) is 6.01. The highest BCUT2D eigenvalue weighted by molar-refractivity contribution is 6.00. The fourth-order valence-electron chi connectivity index (χ4n) is 4.19. The number of ether oxygens (including phenoxy) is 3. The van der Waals surface area contributed by atoms with Crippen molar-refractivity contribution in [3.05, 3.63) is 120 Å². The summed E-state index contributed by atoms with van der Waals surface area (Å²) in [7, 11) is 3.01. The van der Waals surface area contributed by atoms with E-state index in [1.54, 1.807) is 13.2 Å². The molecular formula is C31H26N2O4. The number of hydrogen-bond donors (Lipinski definition) is 0. The van der Waals surface area contributed by atoms with Crippen molar-refractivity contribution in [1.29, 1.82) is 0 Å². The molecular weight excluding hydrogens is 464 g/mol. The maximum atomic E-state index is 11.9. The molecule has 1 aromatic heterocycles. The summed E-state index contributed by atoms with van der Waals surface area (Å²) in [5.41, 5.74) is 4.46. The molecule has 0 aliphatic carbocycles. The standard InChI is InChI=1S/C31H26N2O4/c1-35-29-12-5-6-13-30(29)37-26-16-14-25(15-17-26)32-19-24-21-33(28-11-4-3-10-27(24)28)20-22-8-7-9-23(18-22)31(34)36-2/h3-19,21H,20H2,1-2H3. The zero-order valence-electron chi connectivity index (χ0n) is 20.6. The molecule has 0 fully saturated rings. The van der Waals surface area contributed by atoms with E-state index in [0.29, 0.717) is 29.4 Å². The molecule has 0 atom stereocenters. The fourth-order valence-corrected chi connectivity index (χ4v) is 4.19. The first kappa shape index (κ1) is 23.9. The number of para-hydroxylation sites is 3. The van der Waals surface area contributed by atoms with Gasteiger partial charge >= 0.3 is 5.97 Å². The number of carbonyl (C=O) groups is 1. The Morgan fingerprint density at radius 3 is 2.41 bits per heavy atom. The molecule has 0 saturated carbocycles. The summed E-state index contributed by atoms with van der Waals surface area (Å²) in [4.78, 5) is 16.6. The Bertz CT molecular complexity index is 1570. The molecule has 0 N–H and O–H groups in total. The maximum Gasteiger partial charge on any atom is 0.337 e. The van der Waals surface area contributed by atoms with Gasteiger partial charge in [-0.2, -0.15) is 0 Å². The molecule has 6 heteroatoms. The molecule has 6 nitrogen and oxygen atoms in total. The van der Waals surface area contributed by atoms with Crippen LogP contribution in [0.4, 0.5) is 5.69 Å². The Balaban J connectivity index is 1.36. The van der Waals surface area contributed by atoms with Crippen LogP contribution in [-0.2, 0) is 11.3 Å². The Morgan fingerprint density at radius 1 is 0.865 bits per heavy atom. The largest absolute Gasteiger partial charge is 0.493 e. The number of aliphatic imine (C=N–C) groups is 1. The number of carbonyl (C=O) groups excluding carboxylic acids is 1. The third kappa shape index (κ3) is 5.38. The van der Waals surface area contributed by atoms with Gasteiger partial charge in [-0.3, -0.25) is 4.99 Å². The topological polar surface area (TPSA) is 62.1 Å². The van der Waals surface area contributed by atoms with Gasteiger partial charge in [-0.05, 0) is 60.2 Å². The van der Waals surface area contributed by atoms with Gasteiger partial charge in [0.05, 0.1) is 25.5 Å². The lowest BCUT2D eigenvalue weighted by Gasteiger charge is -2.09. The first-order valence-electron chi connectivity index (χ1n) is 11.8. The van der Waals surface area contributed by atoms with Crippen LogP contribution < -0.4 is 9.47 Å². The predicted molar refractivity (Wildman–Crippen MR) is 146 cm³/mol. The SMILES string of the molecule is COC(=O)c1cccc(Cn2cc(C=Nc3ccc(Oc4ccccc4OC)cc3)c3ccccc32)c1. The lowest BCUT2D eigenvalue weighted by Crippen LogP contribution is -2.03. The van der Waals surface area contributed by atoms with Gasteiger partial charge in [-0.25, -0.2) is 4.79 Å². The molecule has 0 aliphatic heterocycles. The number of esters is 1. The van der Waals surface area contributed by atoms with Gasteiger partial charge in [0.1, 0.15) is 5.75 Å². The van der Waals surface area contributed by atoms with Gasteiger partial charge in [-0.15, -0.1) is 0 Å². The smallest absolute Gasteiger partial charge is 0.337 e. The molecule has 37 heavy (non-hydrogen) atoms. The predicted octanol–water partition coefficient (Wildman–Crippen LogP) is 7.03. The Kier molecular flexibility index (Phi) is 6.99. The van der Waals surface area contributed by atoms with Crippen LogP contribution in [0.25, 0.3) is 10.9 Å². The van der Waals surface area contributed by atoms with Gasteiger partial charge < -0.3 is 18.8 Å². The lowest BCUT2D eigenvalue weighted by molar-refractivity contribution is 0.0600. The highest BCUT2D eigenvalue weighted by Gasteiger charge is 2.10. The van der Waals surface area contributed by atoms with Crippen LogP contribution in [0.5, 0.6) is 17.2 Å². The minimum Gasteiger partial charge on any atom is -0.493 e. The first-order chi connectivity index (χ1) is 18.1. The average Bonchev–Trinajstić information content (AvgIpc) is 3.29. The number of methoxy groups -OCH3 is 2. The van der Waals surface area contributed by atoms with E-state index in [-0.39, 0.29) is 5.97 Å². The second kappa shape index (κ2) is 10.8. The van der Waals surface area contributed by atoms with Gasteiger partial charge in [0.25, 0.3) is 0 Å². The number of hydrogen-bond acceptors (Lipinski definition) is 5. The normalized spacial score (nSPS) is 11.1. The molecule has 0 amide bonds. The third-order valence-corrected chi connectivity index (χ3v) is 6.01. The van der Waals surface area contributed by atoms with Crippen LogP contribution in [0.2, 0.25) is 0 Å². The zero-order chi connectivity index (χ0) is 25.6. The van der Waals surface area contributed by atoms with Gasteiger partial charge in [0, 0.05) is 35.4 Å². The van der Waals surface area contributed by atoms with E-state index in [0.717, 1.165) is 27.7 Å². The summed E-state index contributed by atoms with van der Waals surface area (Å²) in [5, 5.41) is 1.10. The molecule has 0 saturated heterocycles. The fraction of sp³-hybridized carbons (Fsp3) is 0.0968. The van der Waals surface area contributed by atoms with Crippen molar-refractivity contribution >= 4 is 28.8 Å². The summed E-state index contributed by atoms with van der Waals surface area (Å²) < 4.78 is 18.3. The van der Waals surface area contributed by atoms with Crippen LogP contribution in [0, 0.1) is 0 Å². The van der Waals surface area contributed by atoms with Gasteiger partial charge in [0.15, 0.2) is 11.5 Å². The molecule has 184 valence electrons. The number of nitrogens with zero attached hydrogens (tertiary/aromatic N) is 2. The van der Waals surface area contributed by atoms with E-state index >= 15 is 0 Å². The van der Waals surface area contributed by atoms with Crippen molar-refractivity contribution in [3.8, 4) is 17.2 Å². The lowest BCUT2D eigenvalue weighted by atomic mass is 10.1. The molecule has 1 heterocycles. The summed E-state index contributed by atoms with van der Waals surface area (Å²) in [6.45, 7) is 0.619. The summed E-state index contributed by atoms with van der Waals surface area (Å²) in [6, 6.07) is 30.8. The molecule has 0 unspecified atom stereocenters. The highest BCUT2D eigenvalue weighted by atomic mass is 16.5. The molecule has 0 bridgehead atoms. The van der Waals surface area contributed by atoms with Crippen molar-refractivity contribution in [2.24, 2.45) is 4.99 Å². The van der Waals surface area contributed by atoms with Crippen molar-refractivity contribution in [3.63, 3.8) is 0 Å². The van der Waals surface area contributed by atoms with Crippen LogP contribution in [0.3, 0.4) is 0 Å². The van der Waals surface area contributed by atoms with Gasteiger partial charge in [-0.1, -0.05) is 42.5 Å². The minimum absolute atomic E-state index is 0.341. The Labute approximate surface area is 215 Å². The van der Waals surface area contributed by atoms with E-state index < -0.39 is 0 Å². The van der Waals surface area contributed by atoms with Crippen molar-refractivity contribution in [2.45, 2.75) is 6.54 Å². The van der Waals surface area contributed by atoms with Gasteiger partial charge in [0.2, 0.25) is 0 Å². The van der Waals surface area contributed by atoms with E-state index in [2.05, 4.69) is 22.9 Å². The summed E-state index contributed by atoms with van der Waals surface area (Å²) in [6.07, 6.45) is 3.96. The highest BCUT2D eigenvalue weighted by Crippen LogP contribution is 2.31. The van der Waals surface area contributed by atoms with E-state index in [9.17, 15) is 4.79 Å². The zero-order valence-corrected chi connectivity index (χ0v) is 20.6. The maximum absolute atomic E-state index is 11.9. The number of fused-ring (bicyclic) bond motifs is 1. The Hall–Kier alpha value is -4.84. The number of rotatable bonds is 8. The molecule has 0 spiro atoms.